The summed E-state index contributed by atoms with van der Waals surface area (Å²) < 4.78 is 14.9. The molecule has 1 aliphatic heterocycles. The van der Waals surface area contributed by atoms with E-state index in [1.54, 1.807) is 0 Å². The lowest BCUT2D eigenvalue weighted by Gasteiger charge is -2.13. The molecule has 0 amide bonds. The van der Waals surface area contributed by atoms with Gasteiger partial charge in [-0.2, -0.15) is 0 Å². The number of carbonyl (C=O) groups is 1. The van der Waals surface area contributed by atoms with Gasteiger partial charge in [0.2, 0.25) is 0 Å². The van der Waals surface area contributed by atoms with Gasteiger partial charge in [-0.05, 0) is 6.42 Å². The maximum absolute atomic E-state index is 10.9. The highest BCUT2D eigenvalue weighted by molar-refractivity contribution is 5.75. The van der Waals surface area contributed by atoms with Gasteiger partial charge < -0.3 is 19.9 Å². The Hall–Kier alpha value is -0.650. The van der Waals surface area contributed by atoms with Gasteiger partial charge in [-0.1, -0.05) is 0 Å². The van der Waals surface area contributed by atoms with Crippen molar-refractivity contribution in [2.45, 2.75) is 18.6 Å². The van der Waals surface area contributed by atoms with Crippen LogP contribution in [0.1, 0.15) is 6.42 Å². The van der Waals surface area contributed by atoms with Gasteiger partial charge in [0.15, 0.2) is 0 Å². The van der Waals surface area contributed by atoms with Crippen LogP contribution in [-0.2, 0) is 19.0 Å². The molecular weight excluding hydrogens is 174 g/mol. The number of hydrogen-bond donors (Lipinski definition) is 1. The van der Waals surface area contributed by atoms with Crippen molar-refractivity contribution in [3.05, 3.63) is 0 Å². The van der Waals surface area contributed by atoms with E-state index in [2.05, 4.69) is 4.74 Å². The molecule has 1 heterocycles. The van der Waals surface area contributed by atoms with E-state index < -0.39 is 12.0 Å². The Kier molecular flexibility index (Phi) is 4.14. The number of methoxy groups -OCH3 is 1. The summed E-state index contributed by atoms with van der Waals surface area (Å²) in [7, 11) is 1.31. The molecule has 1 saturated heterocycles. The first kappa shape index (κ1) is 10.4. The summed E-state index contributed by atoms with van der Waals surface area (Å²) in [6.07, 6.45) is 0.948. The summed E-state index contributed by atoms with van der Waals surface area (Å²) in [5, 5.41) is 0. The average Bonchev–Trinajstić information content (AvgIpc) is 2.65. The molecule has 2 atom stereocenters. The molecule has 0 spiro atoms. The smallest absolute Gasteiger partial charge is 0.325 e. The Bertz CT molecular complexity index is 168. The highest BCUT2D eigenvalue weighted by Gasteiger charge is 2.20. The summed E-state index contributed by atoms with van der Waals surface area (Å²) in [6.45, 7) is 1.51. The van der Waals surface area contributed by atoms with Crippen LogP contribution in [0.25, 0.3) is 0 Å². The normalized spacial score (nSPS) is 24.3. The Balaban J connectivity index is 2.13. The molecule has 76 valence electrons. The van der Waals surface area contributed by atoms with E-state index in [0.717, 1.165) is 13.0 Å². The number of rotatable bonds is 4. The zero-order chi connectivity index (χ0) is 9.68. The third-order valence-electron chi connectivity index (χ3n) is 1.90. The summed E-state index contributed by atoms with van der Waals surface area (Å²) in [5.74, 6) is -0.445. The molecule has 0 aromatic heterocycles. The maximum Gasteiger partial charge on any atom is 0.325 e. The van der Waals surface area contributed by atoms with Crippen LogP contribution >= 0.6 is 0 Å². The van der Waals surface area contributed by atoms with Gasteiger partial charge in [-0.25, -0.2) is 0 Å². The van der Waals surface area contributed by atoms with E-state index in [-0.39, 0.29) is 12.7 Å². The summed E-state index contributed by atoms with van der Waals surface area (Å²) in [5.41, 5.74) is 5.47. The van der Waals surface area contributed by atoms with Crippen molar-refractivity contribution in [1.29, 1.82) is 0 Å². The van der Waals surface area contributed by atoms with Crippen molar-refractivity contribution in [1.82, 2.24) is 0 Å². The van der Waals surface area contributed by atoms with Gasteiger partial charge >= 0.3 is 5.97 Å². The number of esters is 1. The fourth-order valence-corrected chi connectivity index (χ4v) is 1.10. The van der Waals surface area contributed by atoms with Crippen molar-refractivity contribution in [3.8, 4) is 0 Å². The zero-order valence-electron chi connectivity index (χ0n) is 7.69. The van der Waals surface area contributed by atoms with Crippen molar-refractivity contribution < 1.29 is 19.0 Å². The first-order valence-corrected chi connectivity index (χ1v) is 4.26. The number of ether oxygens (including phenoxy) is 3. The second kappa shape index (κ2) is 5.16. The van der Waals surface area contributed by atoms with Gasteiger partial charge in [0, 0.05) is 6.61 Å². The highest BCUT2D eigenvalue weighted by atomic mass is 16.6. The lowest BCUT2D eigenvalue weighted by Crippen LogP contribution is -2.37. The monoisotopic (exact) mass is 189 g/mol. The maximum atomic E-state index is 10.9. The van der Waals surface area contributed by atoms with Gasteiger partial charge in [0.1, 0.15) is 6.04 Å². The second-order valence-corrected chi connectivity index (χ2v) is 2.95. The molecule has 0 radical (unpaired) electrons. The van der Waals surface area contributed by atoms with E-state index in [9.17, 15) is 4.79 Å². The Morgan fingerprint density at radius 1 is 1.77 bits per heavy atom. The number of nitrogens with two attached hydrogens (primary N) is 1. The lowest BCUT2D eigenvalue weighted by molar-refractivity contribution is -0.144. The SMILES string of the molecule is COC(=O)[C@@H](N)COC1CCOC1. The standard InChI is InChI=1S/C8H15NO4/c1-11-8(10)7(9)5-13-6-2-3-12-4-6/h6-7H,2-5,9H2,1H3/t6?,7-/m0/s1. The largest absolute Gasteiger partial charge is 0.468 e. The highest BCUT2D eigenvalue weighted by Crippen LogP contribution is 2.07. The van der Waals surface area contributed by atoms with Gasteiger partial charge in [-0.15, -0.1) is 0 Å². The summed E-state index contributed by atoms with van der Waals surface area (Å²) in [4.78, 5) is 10.9. The molecule has 5 heteroatoms. The summed E-state index contributed by atoms with van der Waals surface area (Å²) in [6, 6.07) is -0.689. The third kappa shape index (κ3) is 3.30. The molecule has 0 bridgehead atoms. The Morgan fingerprint density at radius 3 is 3.08 bits per heavy atom. The van der Waals surface area contributed by atoms with Gasteiger partial charge in [0.05, 0.1) is 26.4 Å². The zero-order valence-corrected chi connectivity index (χ0v) is 7.69. The van der Waals surface area contributed by atoms with Crippen molar-refractivity contribution in [3.63, 3.8) is 0 Å². The molecule has 1 fully saturated rings. The molecule has 1 rings (SSSR count). The van der Waals surface area contributed by atoms with Crippen molar-refractivity contribution in [2.24, 2.45) is 5.73 Å². The van der Waals surface area contributed by atoms with Crippen LogP contribution in [0.2, 0.25) is 0 Å². The van der Waals surface area contributed by atoms with E-state index in [4.69, 9.17) is 15.2 Å². The first-order chi connectivity index (χ1) is 6.24. The Morgan fingerprint density at radius 2 is 2.54 bits per heavy atom. The quantitative estimate of drug-likeness (QED) is 0.592. The molecular formula is C8H15NO4. The Labute approximate surface area is 77.1 Å². The molecule has 0 aromatic carbocycles. The molecule has 1 unspecified atom stereocenters. The molecule has 0 saturated carbocycles. The van der Waals surface area contributed by atoms with Crippen LogP contribution in [-0.4, -0.2) is 45.0 Å². The fourth-order valence-electron chi connectivity index (χ4n) is 1.10. The van der Waals surface area contributed by atoms with Crippen LogP contribution < -0.4 is 5.73 Å². The van der Waals surface area contributed by atoms with Gasteiger partial charge in [-0.3, -0.25) is 4.79 Å². The second-order valence-electron chi connectivity index (χ2n) is 2.95. The summed E-state index contributed by atoms with van der Waals surface area (Å²) >= 11 is 0. The van der Waals surface area contributed by atoms with Crippen molar-refractivity contribution in [2.75, 3.05) is 26.9 Å². The first-order valence-electron chi connectivity index (χ1n) is 4.26. The van der Waals surface area contributed by atoms with Crippen LogP contribution in [0, 0.1) is 0 Å². The van der Waals surface area contributed by atoms with Gasteiger partial charge in [0.25, 0.3) is 0 Å². The molecule has 13 heavy (non-hydrogen) atoms. The van der Waals surface area contributed by atoms with E-state index >= 15 is 0 Å². The van der Waals surface area contributed by atoms with Crippen LogP contribution in [0.5, 0.6) is 0 Å². The van der Waals surface area contributed by atoms with Crippen LogP contribution in [0.15, 0.2) is 0 Å². The number of hydrogen-bond acceptors (Lipinski definition) is 5. The lowest BCUT2D eigenvalue weighted by atomic mass is 10.3. The predicted octanol–water partition coefficient (Wildman–Crippen LogP) is -0.708. The number of carbonyl (C=O) groups excluding carboxylic acids is 1. The van der Waals surface area contributed by atoms with E-state index in [0.29, 0.717) is 6.61 Å². The minimum absolute atomic E-state index is 0.0794. The topological polar surface area (TPSA) is 70.8 Å². The minimum atomic E-state index is -0.689. The van der Waals surface area contributed by atoms with Crippen LogP contribution in [0.4, 0.5) is 0 Å². The van der Waals surface area contributed by atoms with E-state index in [1.165, 1.54) is 7.11 Å². The predicted molar refractivity (Wildman–Crippen MR) is 45.2 cm³/mol. The van der Waals surface area contributed by atoms with Crippen LogP contribution in [0.3, 0.4) is 0 Å². The average molecular weight is 189 g/mol. The molecule has 1 aliphatic rings. The molecule has 2 N–H and O–H groups in total. The molecule has 0 aliphatic carbocycles. The molecule has 5 nitrogen and oxygen atoms in total. The minimum Gasteiger partial charge on any atom is -0.468 e. The van der Waals surface area contributed by atoms with E-state index in [1.807, 2.05) is 0 Å². The van der Waals surface area contributed by atoms with Crippen molar-refractivity contribution >= 4 is 5.97 Å². The molecule has 0 aromatic rings. The third-order valence-corrected chi connectivity index (χ3v) is 1.90. The fraction of sp³-hybridized carbons (Fsp3) is 0.875.